The van der Waals surface area contributed by atoms with E-state index in [1.54, 1.807) is 30.7 Å². The number of nitrogens with zero attached hydrogens (tertiary/aromatic N) is 8. The molecule has 2 N–H and O–H groups in total. The van der Waals surface area contributed by atoms with Crippen LogP contribution in [0.4, 0.5) is 0 Å². The normalized spacial score (nSPS) is 11.6. The van der Waals surface area contributed by atoms with Crippen molar-refractivity contribution in [2.24, 2.45) is 0 Å². The van der Waals surface area contributed by atoms with Gasteiger partial charge in [0.1, 0.15) is 23.3 Å². The van der Waals surface area contributed by atoms with Crippen LogP contribution in [0.2, 0.25) is 0 Å². The van der Waals surface area contributed by atoms with Crippen LogP contribution in [0.3, 0.4) is 0 Å². The molecule has 0 radical (unpaired) electrons. The molecule has 7 aromatic rings. The van der Waals surface area contributed by atoms with Gasteiger partial charge in [-0.1, -0.05) is 87.4 Å². The Bertz CT molecular complexity index is 2540. The first-order valence-corrected chi connectivity index (χ1v) is 19.3. The van der Waals surface area contributed by atoms with Crippen molar-refractivity contribution in [3.05, 3.63) is 155 Å². The van der Waals surface area contributed by atoms with Crippen LogP contribution in [0.15, 0.2) is 104 Å². The smallest absolute Gasteiger partial charge is 0.335 e. The van der Waals surface area contributed by atoms with Crippen LogP contribution in [-0.4, -0.2) is 56.5 Å². The largest absolute Gasteiger partial charge is 0.478 e. The zero-order valence-corrected chi connectivity index (χ0v) is 34.4. The minimum atomic E-state index is -0.952. The van der Waals surface area contributed by atoms with E-state index in [2.05, 4.69) is 86.8 Å². The van der Waals surface area contributed by atoms with E-state index in [-0.39, 0.29) is 29.3 Å². The van der Waals surface area contributed by atoms with Crippen molar-refractivity contribution in [2.75, 3.05) is 0 Å². The average molecular weight is 776 g/mol. The summed E-state index contributed by atoms with van der Waals surface area (Å²) in [6, 6.07) is 27.3. The van der Waals surface area contributed by atoms with Crippen LogP contribution in [0.1, 0.15) is 113 Å². The number of aromatic carboxylic acids is 1. The molecule has 0 bridgehead atoms. The van der Waals surface area contributed by atoms with E-state index in [4.69, 9.17) is 0 Å². The van der Waals surface area contributed by atoms with Gasteiger partial charge in [-0.15, -0.1) is 20.4 Å². The predicted molar refractivity (Wildman–Crippen MR) is 226 cm³/mol. The molecule has 1 atom stereocenters. The minimum Gasteiger partial charge on any atom is -0.478 e. The van der Waals surface area contributed by atoms with Crippen molar-refractivity contribution in [1.29, 1.82) is 0 Å². The second-order valence-electron chi connectivity index (χ2n) is 15.1. The molecule has 3 aromatic heterocycles. The van der Waals surface area contributed by atoms with Gasteiger partial charge in [-0.25, -0.2) is 4.79 Å². The third kappa shape index (κ3) is 9.24. The first-order chi connectivity index (χ1) is 27.7. The van der Waals surface area contributed by atoms with Crippen LogP contribution < -0.4 is 5.32 Å². The Labute approximate surface area is 339 Å². The lowest BCUT2D eigenvalue weighted by atomic mass is 10.00. The summed E-state index contributed by atoms with van der Waals surface area (Å²) in [7, 11) is 0. The maximum atomic E-state index is 13.3. The molecule has 12 heteroatoms. The highest BCUT2D eigenvalue weighted by Crippen LogP contribution is 2.29. The van der Waals surface area contributed by atoms with Crippen molar-refractivity contribution >= 4 is 11.9 Å². The number of carbonyl (C=O) groups excluding carboxylic acids is 1. The third-order valence-electron chi connectivity index (χ3n) is 9.74. The quantitative estimate of drug-likeness (QED) is 0.138. The van der Waals surface area contributed by atoms with Gasteiger partial charge in [0.15, 0.2) is 0 Å². The fourth-order valence-corrected chi connectivity index (χ4v) is 6.59. The lowest BCUT2D eigenvalue weighted by Gasteiger charge is -2.17. The number of benzene rings is 4. The zero-order chi connectivity index (χ0) is 41.7. The van der Waals surface area contributed by atoms with Crippen LogP contribution in [0.5, 0.6) is 0 Å². The van der Waals surface area contributed by atoms with Crippen molar-refractivity contribution in [2.45, 2.75) is 80.2 Å². The Morgan fingerprint density at radius 2 is 1.05 bits per heavy atom. The highest BCUT2D eigenvalue weighted by molar-refractivity contribution is 5.96. The molecule has 0 aliphatic rings. The van der Waals surface area contributed by atoms with Crippen LogP contribution in [0.25, 0.3) is 33.6 Å². The topological polar surface area (TPSA) is 154 Å². The summed E-state index contributed by atoms with van der Waals surface area (Å²) in [5, 5.41) is 29.6. The average Bonchev–Trinajstić information content (AvgIpc) is 3.81. The molecule has 0 fully saturated rings. The van der Waals surface area contributed by atoms with Crippen molar-refractivity contribution in [3.8, 4) is 33.6 Å². The maximum absolute atomic E-state index is 13.3. The summed E-state index contributed by atoms with van der Waals surface area (Å²) >= 11 is 0. The van der Waals surface area contributed by atoms with Crippen LogP contribution >= 0.6 is 0 Å². The summed E-state index contributed by atoms with van der Waals surface area (Å²) in [5.41, 5.74) is 9.30. The van der Waals surface area contributed by atoms with Gasteiger partial charge in [0.2, 0.25) is 0 Å². The number of aryl methyl sites for hydroxylation is 4. The van der Waals surface area contributed by atoms with E-state index in [9.17, 15) is 14.7 Å². The van der Waals surface area contributed by atoms with E-state index in [1.807, 2.05) is 93.1 Å². The second kappa shape index (κ2) is 17.5. The van der Waals surface area contributed by atoms with Gasteiger partial charge in [-0.3, -0.25) is 23.9 Å². The zero-order valence-electron chi connectivity index (χ0n) is 34.4. The summed E-state index contributed by atoms with van der Waals surface area (Å²) in [6.07, 6.45) is 4.90. The van der Waals surface area contributed by atoms with E-state index in [0.717, 1.165) is 62.5 Å². The first kappa shape index (κ1) is 40.8. The number of carboxylic acid groups (broad SMARTS) is 1. The fourth-order valence-electron chi connectivity index (χ4n) is 6.59. The van der Waals surface area contributed by atoms with Gasteiger partial charge >= 0.3 is 5.97 Å². The first-order valence-electron chi connectivity index (χ1n) is 19.3. The Morgan fingerprint density at radius 3 is 1.48 bits per heavy atom. The number of amides is 1. The molecule has 12 nitrogen and oxygen atoms in total. The SMILES string of the molecule is Cc1ccc(-c2cc(C(=O)NC(C)c3cnccn3)cc(-n3c(C)nnc3C(C)C)c2)cc1.Cc1ccc(-c2cc(C(=O)O)cc(-n3c(C)nnc3C(C)C)c2)cc1. The fraction of sp³-hybridized carbons (Fsp3) is 0.261. The Kier molecular flexibility index (Phi) is 12.3. The molecule has 0 aliphatic heterocycles. The molecule has 7 rings (SSSR count). The maximum Gasteiger partial charge on any atom is 0.335 e. The molecule has 296 valence electrons. The lowest BCUT2D eigenvalue weighted by Crippen LogP contribution is -2.27. The number of carboxylic acids is 1. The van der Waals surface area contributed by atoms with Crippen LogP contribution in [-0.2, 0) is 0 Å². The molecule has 0 spiro atoms. The van der Waals surface area contributed by atoms with E-state index in [1.165, 1.54) is 5.56 Å². The summed E-state index contributed by atoms with van der Waals surface area (Å²) in [4.78, 5) is 33.3. The van der Waals surface area contributed by atoms with Gasteiger partial charge in [-0.05, 0) is 93.3 Å². The second-order valence-corrected chi connectivity index (χ2v) is 15.1. The molecular weight excluding hydrogens is 727 g/mol. The third-order valence-corrected chi connectivity index (χ3v) is 9.74. The number of rotatable bonds is 10. The highest BCUT2D eigenvalue weighted by atomic mass is 16.4. The van der Waals surface area contributed by atoms with Gasteiger partial charge < -0.3 is 10.4 Å². The summed E-state index contributed by atoms with van der Waals surface area (Å²) < 4.78 is 3.94. The molecule has 0 saturated carbocycles. The molecule has 0 saturated heterocycles. The number of carbonyl (C=O) groups is 2. The molecule has 1 unspecified atom stereocenters. The monoisotopic (exact) mass is 775 g/mol. The van der Waals surface area contributed by atoms with Gasteiger partial charge in [0.05, 0.1) is 29.2 Å². The molecule has 1 amide bonds. The molecule has 58 heavy (non-hydrogen) atoms. The number of hydrogen-bond acceptors (Lipinski definition) is 8. The van der Waals surface area contributed by atoms with Crippen molar-refractivity contribution in [1.82, 2.24) is 44.8 Å². The molecular formula is C46H49N9O3. The van der Waals surface area contributed by atoms with Gasteiger partial charge in [0, 0.05) is 35.5 Å². The lowest BCUT2D eigenvalue weighted by molar-refractivity contribution is 0.0696. The minimum absolute atomic E-state index is 0.178. The molecule has 3 heterocycles. The number of hydrogen-bond donors (Lipinski definition) is 2. The highest BCUT2D eigenvalue weighted by Gasteiger charge is 2.20. The van der Waals surface area contributed by atoms with Gasteiger partial charge in [-0.2, -0.15) is 0 Å². The van der Waals surface area contributed by atoms with Crippen molar-refractivity contribution < 1.29 is 14.7 Å². The van der Waals surface area contributed by atoms with Crippen LogP contribution in [0, 0.1) is 27.7 Å². The Hall–Kier alpha value is -6.82. The van der Waals surface area contributed by atoms with E-state index in [0.29, 0.717) is 11.3 Å². The van der Waals surface area contributed by atoms with Gasteiger partial charge in [0.25, 0.3) is 5.91 Å². The number of aromatic nitrogens is 8. The molecule has 4 aromatic carbocycles. The predicted octanol–water partition coefficient (Wildman–Crippen LogP) is 9.33. The number of nitrogens with one attached hydrogen (secondary N) is 1. The van der Waals surface area contributed by atoms with Crippen molar-refractivity contribution in [3.63, 3.8) is 0 Å². The Morgan fingerprint density at radius 1 is 0.586 bits per heavy atom. The standard InChI is InChI=1S/C26H28N6O.C20H21N3O2/c1-16(2)25-31-30-19(5)32(25)23-13-21(20-8-6-17(3)7-9-20)12-22(14-23)26(33)29-18(4)24-15-27-10-11-28-24;1-12(2)19-22-21-14(4)23(19)18-10-16(9-17(11-18)20(24)25)15-7-5-13(3)6-8-15/h6-16,18H,1-5H3,(H,29,33);5-12H,1-4H3,(H,24,25). The molecule has 0 aliphatic carbocycles. The Balaban J connectivity index is 0.000000203. The summed E-state index contributed by atoms with van der Waals surface area (Å²) in [6.45, 7) is 18.0. The van der Waals surface area contributed by atoms with E-state index < -0.39 is 5.97 Å². The summed E-state index contributed by atoms with van der Waals surface area (Å²) in [5.74, 6) is 2.41. The van der Waals surface area contributed by atoms with E-state index >= 15 is 0 Å².